The highest BCUT2D eigenvalue weighted by Crippen LogP contribution is 2.33. The van der Waals surface area contributed by atoms with Crippen LogP contribution in [-0.2, 0) is 17.0 Å². The average molecular weight is 309 g/mol. The minimum absolute atomic E-state index is 0.0937. The fraction of sp³-hybridized carbons (Fsp3) is 0.462. The fourth-order valence-corrected chi connectivity index (χ4v) is 3.38. The summed E-state index contributed by atoms with van der Waals surface area (Å²) in [5.74, 6) is 2.61. The molecule has 0 aliphatic heterocycles. The van der Waals surface area contributed by atoms with Crippen molar-refractivity contribution in [1.29, 1.82) is 0 Å². The molecular weight excluding hydrogens is 294 g/mol. The van der Waals surface area contributed by atoms with Crippen LogP contribution in [0.1, 0.15) is 31.4 Å². The molecule has 0 saturated heterocycles. The smallest absolute Gasteiger partial charge is 0.229 e. The van der Waals surface area contributed by atoms with Crippen molar-refractivity contribution in [3.05, 3.63) is 24.0 Å². The quantitative estimate of drug-likeness (QED) is 0.829. The summed E-state index contributed by atoms with van der Waals surface area (Å²) in [7, 11) is 0. The Hall–Kier alpha value is -1.34. The molecule has 1 aliphatic carbocycles. The van der Waals surface area contributed by atoms with E-state index in [-0.39, 0.29) is 11.8 Å². The minimum atomic E-state index is 0.0937. The van der Waals surface area contributed by atoms with Gasteiger partial charge in [-0.15, -0.1) is 11.8 Å². The zero-order valence-corrected chi connectivity index (χ0v) is 12.7. The van der Waals surface area contributed by atoms with E-state index in [0.29, 0.717) is 10.9 Å². The Kier molecular flexibility index (Phi) is 4.07. The predicted octanol–water partition coefficient (Wildman–Crippen LogP) is 3.33. The van der Waals surface area contributed by atoms with Crippen molar-refractivity contribution in [3.8, 4) is 0 Å². The van der Waals surface area contributed by atoms with Crippen LogP contribution in [0.5, 0.6) is 0 Å². The van der Waals surface area contributed by atoms with E-state index in [1.807, 2.05) is 6.92 Å². The molecule has 7 heteroatoms. The molecule has 0 bridgehead atoms. The van der Waals surface area contributed by atoms with Gasteiger partial charge in [0.25, 0.3) is 0 Å². The van der Waals surface area contributed by atoms with Gasteiger partial charge >= 0.3 is 0 Å². The molecule has 5 nitrogen and oxygen atoms in total. The number of anilines is 1. The Balaban J connectivity index is 1.52. The lowest BCUT2D eigenvalue weighted by molar-refractivity contribution is -0.117. The lowest BCUT2D eigenvalue weighted by Gasteiger charge is -1.97. The molecule has 1 aliphatic rings. The molecule has 1 saturated carbocycles. The number of amides is 1. The first-order valence-electron chi connectivity index (χ1n) is 6.57. The van der Waals surface area contributed by atoms with Crippen LogP contribution in [0.2, 0.25) is 0 Å². The maximum atomic E-state index is 11.6. The molecule has 2 aromatic rings. The summed E-state index contributed by atoms with van der Waals surface area (Å²) in [6.45, 7) is 2.04. The van der Waals surface area contributed by atoms with Crippen molar-refractivity contribution in [2.24, 2.45) is 5.92 Å². The van der Waals surface area contributed by atoms with Crippen molar-refractivity contribution in [3.63, 3.8) is 0 Å². The first-order chi connectivity index (χ1) is 9.74. The van der Waals surface area contributed by atoms with E-state index >= 15 is 0 Å². The normalized spacial score (nSPS) is 14.4. The van der Waals surface area contributed by atoms with Crippen LogP contribution in [0.15, 0.2) is 21.0 Å². The van der Waals surface area contributed by atoms with Gasteiger partial charge in [-0.25, -0.2) is 9.97 Å². The highest BCUT2D eigenvalue weighted by Gasteiger charge is 2.30. The number of thiazole rings is 1. The summed E-state index contributed by atoms with van der Waals surface area (Å²) in [5, 5.41) is 3.52. The molecule has 0 spiro atoms. The first kappa shape index (κ1) is 13.6. The minimum Gasteiger partial charge on any atom is -0.445 e. The number of aryl methyl sites for hydroxylation is 1. The number of oxazole rings is 1. The van der Waals surface area contributed by atoms with Gasteiger partial charge in [-0.05, 0) is 12.8 Å². The third kappa shape index (κ3) is 3.40. The summed E-state index contributed by atoms with van der Waals surface area (Å²) in [6.07, 6.45) is 6.41. The Morgan fingerprint density at radius 3 is 3.05 bits per heavy atom. The molecule has 1 amide bonds. The molecule has 0 radical (unpaired) electrons. The Bertz CT molecular complexity index is 604. The zero-order valence-electron chi connectivity index (χ0n) is 11.1. The van der Waals surface area contributed by atoms with Crippen molar-refractivity contribution in [2.45, 2.75) is 36.1 Å². The SMILES string of the molecule is CCc1cnc(CSc2cnc(NC(=O)C3CC3)s2)o1. The van der Waals surface area contributed by atoms with Crippen molar-refractivity contribution in [2.75, 3.05) is 5.32 Å². The maximum Gasteiger partial charge on any atom is 0.229 e. The number of carbonyl (C=O) groups excluding carboxylic acids is 1. The summed E-state index contributed by atoms with van der Waals surface area (Å²) < 4.78 is 6.60. The number of nitrogens with one attached hydrogen (secondary N) is 1. The highest BCUT2D eigenvalue weighted by molar-refractivity contribution is 8.00. The standard InChI is InChI=1S/C13H15N3O2S2/c1-2-9-5-14-10(18-9)7-19-11-6-15-13(20-11)16-12(17)8-3-4-8/h5-6,8H,2-4,7H2,1H3,(H,15,16,17). The monoisotopic (exact) mass is 309 g/mol. The molecule has 20 heavy (non-hydrogen) atoms. The van der Waals surface area contributed by atoms with Gasteiger partial charge in [-0.1, -0.05) is 18.3 Å². The van der Waals surface area contributed by atoms with E-state index in [4.69, 9.17) is 4.42 Å². The van der Waals surface area contributed by atoms with Crippen LogP contribution in [0.25, 0.3) is 0 Å². The topological polar surface area (TPSA) is 68.0 Å². The molecule has 0 aromatic carbocycles. The van der Waals surface area contributed by atoms with E-state index < -0.39 is 0 Å². The summed E-state index contributed by atoms with van der Waals surface area (Å²) in [6, 6.07) is 0. The van der Waals surface area contributed by atoms with Crippen molar-refractivity contribution in [1.82, 2.24) is 9.97 Å². The van der Waals surface area contributed by atoms with Crippen molar-refractivity contribution < 1.29 is 9.21 Å². The number of nitrogens with zero attached hydrogens (tertiary/aromatic N) is 2. The zero-order chi connectivity index (χ0) is 13.9. The van der Waals surface area contributed by atoms with Gasteiger partial charge in [0.15, 0.2) is 5.13 Å². The predicted molar refractivity (Wildman–Crippen MR) is 78.9 cm³/mol. The fourth-order valence-electron chi connectivity index (χ4n) is 1.65. The van der Waals surface area contributed by atoms with Crippen LogP contribution < -0.4 is 5.32 Å². The molecule has 3 rings (SSSR count). The molecule has 1 fully saturated rings. The number of aromatic nitrogens is 2. The van der Waals surface area contributed by atoms with Crippen LogP contribution >= 0.6 is 23.1 Å². The molecule has 0 unspecified atom stereocenters. The summed E-state index contributed by atoms with van der Waals surface area (Å²) in [5.41, 5.74) is 0. The Morgan fingerprint density at radius 1 is 1.50 bits per heavy atom. The van der Waals surface area contributed by atoms with Crippen LogP contribution in [0.4, 0.5) is 5.13 Å². The van der Waals surface area contributed by atoms with Gasteiger partial charge in [0.1, 0.15) is 5.76 Å². The number of hydrogen-bond donors (Lipinski definition) is 1. The first-order valence-corrected chi connectivity index (χ1v) is 8.38. The van der Waals surface area contributed by atoms with Gasteiger partial charge in [-0.2, -0.15) is 0 Å². The molecular formula is C13H15N3O2S2. The lowest BCUT2D eigenvalue weighted by Crippen LogP contribution is -2.12. The van der Waals surface area contributed by atoms with Crippen LogP contribution in [0, 0.1) is 5.92 Å². The second-order valence-corrected chi connectivity index (χ2v) is 6.92. The largest absolute Gasteiger partial charge is 0.445 e. The van der Waals surface area contributed by atoms with E-state index in [1.54, 1.807) is 24.2 Å². The van der Waals surface area contributed by atoms with Gasteiger partial charge < -0.3 is 9.73 Å². The number of carbonyl (C=O) groups is 1. The second-order valence-electron chi connectivity index (χ2n) is 4.61. The summed E-state index contributed by atoms with van der Waals surface area (Å²) in [4.78, 5) is 20.1. The van der Waals surface area contributed by atoms with E-state index in [2.05, 4.69) is 15.3 Å². The molecule has 106 valence electrons. The van der Waals surface area contributed by atoms with Crippen LogP contribution in [-0.4, -0.2) is 15.9 Å². The molecule has 1 N–H and O–H groups in total. The maximum absolute atomic E-state index is 11.6. The van der Waals surface area contributed by atoms with Crippen LogP contribution in [0.3, 0.4) is 0 Å². The summed E-state index contributed by atoms with van der Waals surface area (Å²) >= 11 is 3.11. The molecule has 2 aromatic heterocycles. The third-order valence-electron chi connectivity index (χ3n) is 2.95. The van der Waals surface area contributed by atoms with E-state index in [1.165, 1.54) is 11.3 Å². The third-order valence-corrected chi connectivity index (χ3v) is 5.04. The van der Waals surface area contributed by atoms with E-state index in [0.717, 1.165) is 35.1 Å². The molecule has 0 atom stereocenters. The van der Waals surface area contributed by atoms with Gasteiger partial charge in [0.05, 0.1) is 22.4 Å². The average Bonchev–Trinajstić information content (AvgIpc) is 3.05. The van der Waals surface area contributed by atoms with Gasteiger partial charge in [0, 0.05) is 12.3 Å². The highest BCUT2D eigenvalue weighted by atomic mass is 32.2. The van der Waals surface area contributed by atoms with Gasteiger partial charge in [0.2, 0.25) is 11.8 Å². The van der Waals surface area contributed by atoms with E-state index in [9.17, 15) is 4.79 Å². The number of hydrogen-bond acceptors (Lipinski definition) is 6. The number of rotatable bonds is 6. The number of thioether (sulfide) groups is 1. The Labute approximate surface area is 125 Å². The second kappa shape index (κ2) is 5.97. The van der Waals surface area contributed by atoms with Gasteiger partial charge in [-0.3, -0.25) is 4.79 Å². The Morgan fingerprint density at radius 2 is 2.35 bits per heavy atom. The molecule has 2 heterocycles. The van der Waals surface area contributed by atoms with Crippen molar-refractivity contribution >= 4 is 34.1 Å². The lowest BCUT2D eigenvalue weighted by atomic mass is 10.4.